The summed E-state index contributed by atoms with van der Waals surface area (Å²) >= 11 is 0. The first-order valence-electron chi connectivity index (χ1n) is 5.86. The van der Waals surface area contributed by atoms with Crippen molar-refractivity contribution in [2.45, 2.75) is 18.9 Å². The predicted molar refractivity (Wildman–Crippen MR) is 67.3 cm³/mol. The molecule has 0 atom stereocenters. The monoisotopic (exact) mass is 246 g/mol. The van der Waals surface area contributed by atoms with Crippen molar-refractivity contribution in [1.82, 2.24) is 5.32 Å². The first kappa shape index (κ1) is 12.3. The van der Waals surface area contributed by atoms with Gasteiger partial charge in [-0.1, -0.05) is 0 Å². The maximum absolute atomic E-state index is 10.6. The van der Waals surface area contributed by atoms with Crippen LogP contribution in [-0.4, -0.2) is 24.1 Å². The van der Waals surface area contributed by atoms with E-state index in [0.29, 0.717) is 17.3 Å². The van der Waals surface area contributed by atoms with Gasteiger partial charge in [0.1, 0.15) is 6.07 Å². The molecule has 2 rings (SSSR count). The third kappa shape index (κ3) is 2.76. The lowest BCUT2D eigenvalue weighted by Crippen LogP contribution is -2.35. The van der Waals surface area contributed by atoms with Crippen molar-refractivity contribution in [2.24, 2.45) is 0 Å². The fraction of sp³-hybridized carbons (Fsp3) is 0.417. The highest BCUT2D eigenvalue weighted by Gasteiger charge is 2.16. The van der Waals surface area contributed by atoms with Crippen molar-refractivity contribution in [3.63, 3.8) is 0 Å². The second-order valence-electron chi connectivity index (χ2n) is 4.27. The number of nitrogens with zero attached hydrogens (tertiary/aromatic N) is 2. The highest BCUT2D eigenvalue weighted by Crippen LogP contribution is 2.23. The Morgan fingerprint density at radius 2 is 2.17 bits per heavy atom. The van der Waals surface area contributed by atoms with Gasteiger partial charge in [0.15, 0.2) is 0 Å². The lowest BCUT2D eigenvalue weighted by atomic mass is 10.1. The molecule has 94 valence electrons. The molecule has 0 aromatic heterocycles. The number of nitriles is 1. The number of hydrogen-bond donors (Lipinski definition) is 2. The zero-order valence-electron chi connectivity index (χ0n) is 9.85. The van der Waals surface area contributed by atoms with Gasteiger partial charge in [0, 0.05) is 18.2 Å². The second-order valence-corrected chi connectivity index (χ2v) is 4.27. The van der Waals surface area contributed by atoms with Gasteiger partial charge in [-0.05, 0) is 32.0 Å². The van der Waals surface area contributed by atoms with Crippen LogP contribution < -0.4 is 10.6 Å². The molecular formula is C12H14N4O2. The summed E-state index contributed by atoms with van der Waals surface area (Å²) in [5.41, 5.74) is 0.945. The van der Waals surface area contributed by atoms with Crippen LogP contribution in [0.4, 0.5) is 11.4 Å². The summed E-state index contributed by atoms with van der Waals surface area (Å²) in [6.07, 6.45) is 1.98. The molecule has 0 unspecified atom stereocenters. The number of nitro benzene ring substituents is 1. The molecule has 6 nitrogen and oxygen atoms in total. The normalized spacial score (nSPS) is 15.9. The van der Waals surface area contributed by atoms with Crippen LogP contribution in [0.15, 0.2) is 18.2 Å². The van der Waals surface area contributed by atoms with E-state index in [0.717, 1.165) is 25.9 Å². The Kier molecular flexibility index (Phi) is 3.75. The molecule has 1 heterocycles. The van der Waals surface area contributed by atoms with Gasteiger partial charge in [-0.3, -0.25) is 10.1 Å². The van der Waals surface area contributed by atoms with Crippen LogP contribution in [0.25, 0.3) is 0 Å². The van der Waals surface area contributed by atoms with Gasteiger partial charge in [0.2, 0.25) is 0 Å². The number of rotatable bonds is 3. The third-order valence-corrected chi connectivity index (χ3v) is 3.03. The Bertz CT molecular complexity index is 489. The standard InChI is InChI=1S/C12H14N4O2/c13-8-9-7-11(16(17)18)1-2-12(9)15-10-3-5-14-6-4-10/h1-2,7,10,14-15H,3-6H2. The molecule has 0 amide bonds. The second kappa shape index (κ2) is 5.47. The Morgan fingerprint density at radius 3 is 2.78 bits per heavy atom. The van der Waals surface area contributed by atoms with E-state index in [1.807, 2.05) is 6.07 Å². The number of non-ortho nitro benzene ring substituents is 1. The highest BCUT2D eigenvalue weighted by atomic mass is 16.6. The van der Waals surface area contributed by atoms with Crippen LogP contribution in [0, 0.1) is 21.4 Å². The van der Waals surface area contributed by atoms with Crippen molar-refractivity contribution in [2.75, 3.05) is 18.4 Å². The van der Waals surface area contributed by atoms with Gasteiger partial charge in [-0.25, -0.2) is 0 Å². The van der Waals surface area contributed by atoms with Gasteiger partial charge in [-0.15, -0.1) is 0 Å². The Morgan fingerprint density at radius 1 is 1.44 bits per heavy atom. The molecule has 1 fully saturated rings. The van der Waals surface area contributed by atoms with E-state index in [1.54, 1.807) is 6.07 Å². The van der Waals surface area contributed by atoms with Gasteiger partial charge < -0.3 is 10.6 Å². The molecule has 0 saturated carbocycles. The molecule has 6 heteroatoms. The molecule has 1 aliphatic rings. The highest BCUT2D eigenvalue weighted by molar-refractivity contribution is 5.61. The lowest BCUT2D eigenvalue weighted by Gasteiger charge is -2.25. The molecule has 0 radical (unpaired) electrons. The van der Waals surface area contributed by atoms with Crippen LogP contribution in [-0.2, 0) is 0 Å². The summed E-state index contributed by atoms with van der Waals surface area (Å²) in [5.74, 6) is 0. The van der Waals surface area contributed by atoms with E-state index in [4.69, 9.17) is 5.26 Å². The fourth-order valence-electron chi connectivity index (χ4n) is 2.05. The quantitative estimate of drug-likeness (QED) is 0.624. The molecule has 1 aromatic rings. The zero-order valence-corrected chi connectivity index (χ0v) is 9.85. The lowest BCUT2D eigenvalue weighted by molar-refractivity contribution is -0.384. The summed E-state index contributed by atoms with van der Waals surface area (Å²) in [6, 6.07) is 6.66. The number of piperidine rings is 1. The molecule has 18 heavy (non-hydrogen) atoms. The fourth-order valence-corrected chi connectivity index (χ4v) is 2.05. The van der Waals surface area contributed by atoms with E-state index >= 15 is 0 Å². The minimum atomic E-state index is -0.491. The van der Waals surface area contributed by atoms with Crippen molar-refractivity contribution in [3.05, 3.63) is 33.9 Å². The number of nitro groups is 1. The average Bonchev–Trinajstić information content (AvgIpc) is 2.40. The Balaban J connectivity index is 2.17. The van der Waals surface area contributed by atoms with Crippen LogP contribution in [0.5, 0.6) is 0 Å². The van der Waals surface area contributed by atoms with Crippen molar-refractivity contribution in [1.29, 1.82) is 5.26 Å². The summed E-state index contributed by atoms with van der Waals surface area (Å²) < 4.78 is 0. The van der Waals surface area contributed by atoms with E-state index in [1.165, 1.54) is 12.1 Å². The van der Waals surface area contributed by atoms with Gasteiger partial charge in [0.25, 0.3) is 5.69 Å². The summed E-state index contributed by atoms with van der Waals surface area (Å²) in [7, 11) is 0. The molecule has 0 aliphatic carbocycles. The first-order chi connectivity index (χ1) is 8.70. The number of anilines is 1. The number of hydrogen-bond acceptors (Lipinski definition) is 5. The molecule has 0 spiro atoms. The average molecular weight is 246 g/mol. The molecule has 1 aromatic carbocycles. The van der Waals surface area contributed by atoms with Crippen molar-refractivity contribution >= 4 is 11.4 Å². The molecular weight excluding hydrogens is 232 g/mol. The van der Waals surface area contributed by atoms with Crippen LogP contribution in [0.2, 0.25) is 0 Å². The van der Waals surface area contributed by atoms with Crippen LogP contribution in [0.3, 0.4) is 0 Å². The molecule has 0 bridgehead atoms. The topological polar surface area (TPSA) is 91.0 Å². The predicted octanol–water partition coefficient (Wildman–Crippen LogP) is 1.63. The smallest absolute Gasteiger partial charge is 0.270 e. The molecule has 2 N–H and O–H groups in total. The molecule has 1 saturated heterocycles. The largest absolute Gasteiger partial charge is 0.381 e. The van der Waals surface area contributed by atoms with E-state index < -0.39 is 4.92 Å². The van der Waals surface area contributed by atoms with Crippen molar-refractivity contribution < 1.29 is 4.92 Å². The van der Waals surface area contributed by atoms with E-state index in [2.05, 4.69) is 10.6 Å². The Hall–Kier alpha value is -2.13. The van der Waals surface area contributed by atoms with Crippen molar-refractivity contribution in [3.8, 4) is 6.07 Å². The zero-order chi connectivity index (χ0) is 13.0. The van der Waals surface area contributed by atoms with E-state index in [9.17, 15) is 10.1 Å². The SMILES string of the molecule is N#Cc1cc([N+](=O)[O-])ccc1NC1CCNCC1. The Labute approximate surface area is 105 Å². The first-order valence-corrected chi connectivity index (χ1v) is 5.86. The van der Waals surface area contributed by atoms with Gasteiger partial charge in [0.05, 0.1) is 16.2 Å². The maximum Gasteiger partial charge on any atom is 0.270 e. The van der Waals surface area contributed by atoms with Crippen LogP contribution >= 0.6 is 0 Å². The minimum absolute atomic E-state index is 0.0533. The summed E-state index contributed by atoms with van der Waals surface area (Å²) in [4.78, 5) is 10.1. The van der Waals surface area contributed by atoms with Crippen LogP contribution in [0.1, 0.15) is 18.4 Å². The summed E-state index contributed by atoms with van der Waals surface area (Å²) in [6.45, 7) is 1.90. The van der Waals surface area contributed by atoms with Gasteiger partial charge in [-0.2, -0.15) is 5.26 Å². The number of benzene rings is 1. The summed E-state index contributed by atoms with van der Waals surface area (Å²) in [5, 5.41) is 26.2. The maximum atomic E-state index is 10.6. The van der Waals surface area contributed by atoms with E-state index in [-0.39, 0.29) is 5.69 Å². The van der Waals surface area contributed by atoms with Gasteiger partial charge >= 0.3 is 0 Å². The molecule has 1 aliphatic heterocycles. The minimum Gasteiger partial charge on any atom is -0.381 e. The number of nitrogens with one attached hydrogen (secondary N) is 2. The third-order valence-electron chi connectivity index (χ3n) is 3.03.